The lowest BCUT2D eigenvalue weighted by atomic mass is 10.3. The third-order valence-electron chi connectivity index (χ3n) is 2.61. The van der Waals surface area contributed by atoms with Gasteiger partial charge in [0.25, 0.3) is 0 Å². The summed E-state index contributed by atoms with van der Waals surface area (Å²) < 4.78 is 0. The van der Waals surface area contributed by atoms with Crippen LogP contribution in [-0.2, 0) is 6.42 Å². The van der Waals surface area contributed by atoms with E-state index in [0.717, 1.165) is 18.5 Å². The highest BCUT2D eigenvalue weighted by Gasteiger charge is 2.22. The van der Waals surface area contributed by atoms with Crippen molar-refractivity contribution in [2.75, 3.05) is 6.54 Å². The molecule has 5 nitrogen and oxygen atoms in total. The summed E-state index contributed by atoms with van der Waals surface area (Å²) in [7, 11) is 0. The Balaban J connectivity index is 1.90. The molecule has 0 aromatic carbocycles. The third-order valence-corrected chi connectivity index (χ3v) is 3.06. The Hall–Kier alpha value is -1.40. The Kier molecular flexibility index (Phi) is 4.93. The van der Waals surface area contributed by atoms with Crippen molar-refractivity contribution in [3.63, 3.8) is 0 Å². The van der Waals surface area contributed by atoms with Gasteiger partial charge in [-0.1, -0.05) is 11.6 Å². The number of nitrogens with two attached hydrogens (primary N) is 1. The molecular weight excluding hydrogens is 282 g/mol. The quantitative estimate of drug-likeness (QED) is 0.443. The summed E-state index contributed by atoms with van der Waals surface area (Å²) in [6, 6.07) is 4.12. The minimum Gasteiger partial charge on any atom is -0.376 e. The summed E-state index contributed by atoms with van der Waals surface area (Å²) in [5.74, 6) is 0.627. The van der Waals surface area contributed by atoms with Gasteiger partial charge in [0.15, 0.2) is 11.1 Å². The van der Waals surface area contributed by atoms with Gasteiger partial charge in [0, 0.05) is 25.2 Å². The Labute approximate surface area is 122 Å². The van der Waals surface area contributed by atoms with Crippen LogP contribution in [0.1, 0.15) is 18.5 Å². The number of rotatable bonds is 4. The van der Waals surface area contributed by atoms with E-state index in [0.29, 0.717) is 30.0 Å². The zero-order valence-electron chi connectivity index (χ0n) is 10.4. The van der Waals surface area contributed by atoms with Crippen molar-refractivity contribution in [2.24, 2.45) is 10.7 Å². The summed E-state index contributed by atoms with van der Waals surface area (Å²) in [4.78, 5) is 8.63. The highest BCUT2D eigenvalue weighted by atomic mass is 35.5. The molecule has 0 spiro atoms. The maximum Gasteiger partial charge on any atom is 0.197 e. The summed E-state index contributed by atoms with van der Waals surface area (Å²) in [5, 5.41) is 6.96. The molecule has 0 amide bonds. The van der Waals surface area contributed by atoms with Gasteiger partial charge in [0.05, 0.1) is 10.7 Å². The second-order valence-electron chi connectivity index (χ2n) is 4.32. The fraction of sp³-hybridized carbons (Fsp3) is 0.417. The van der Waals surface area contributed by atoms with Crippen LogP contribution in [0.25, 0.3) is 0 Å². The summed E-state index contributed by atoms with van der Waals surface area (Å²) in [6.45, 7) is 0.571. The molecular formula is C12H16ClN5S. The number of aliphatic imine (C=N–C) groups is 1. The monoisotopic (exact) mass is 297 g/mol. The van der Waals surface area contributed by atoms with Crippen LogP contribution in [0.15, 0.2) is 23.3 Å². The number of hydrogen-bond acceptors (Lipinski definition) is 3. The van der Waals surface area contributed by atoms with E-state index in [1.807, 2.05) is 12.1 Å². The van der Waals surface area contributed by atoms with Crippen molar-refractivity contribution in [2.45, 2.75) is 25.3 Å². The van der Waals surface area contributed by atoms with Gasteiger partial charge in [0.1, 0.15) is 0 Å². The lowest BCUT2D eigenvalue weighted by molar-refractivity contribution is 0.848. The van der Waals surface area contributed by atoms with Crippen molar-refractivity contribution in [1.29, 1.82) is 0 Å². The van der Waals surface area contributed by atoms with Gasteiger partial charge >= 0.3 is 0 Å². The molecule has 102 valence electrons. The molecule has 1 heterocycles. The lowest BCUT2D eigenvalue weighted by Crippen LogP contribution is -2.44. The fourth-order valence-electron chi connectivity index (χ4n) is 1.53. The van der Waals surface area contributed by atoms with Crippen molar-refractivity contribution in [1.82, 2.24) is 15.6 Å². The van der Waals surface area contributed by atoms with E-state index in [4.69, 9.17) is 29.6 Å². The van der Waals surface area contributed by atoms with Crippen LogP contribution in [0.5, 0.6) is 0 Å². The minimum absolute atomic E-state index is 0.211. The Morgan fingerprint density at radius 2 is 2.37 bits per heavy atom. The SMILES string of the molecule is NC(=S)NC(=NCCc1ncccc1Cl)NC1CC1. The molecule has 0 saturated heterocycles. The second-order valence-corrected chi connectivity index (χ2v) is 5.17. The van der Waals surface area contributed by atoms with E-state index in [1.165, 1.54) is 0 Å². The van der Waals surface area contributed by atoms with E-state index in [2.05, 4.69) is 20.6 Å². The van der Waals surface area contributed by atoms with E-state index in [9.17, 15) is 0 Å². The summed E-state index contributed by atoms with van der Waals surface area (Å²) in [6.07, 6.45) is 4.71. The van der Waals surface area contributed by atoms with Crippen LogP contribution in [0.4, 0.5) is 0 Å². The number of pyridine rings is 1. The predicted molar refractivity (Wildman–Crippen MR) is 81.3 cm³/mol. The highest BCUT2D eigenvalue weighted by molar-refractivity contribution is 7.80. The van der Waals surface area contributed by atoms with E-state index in [1.54, 1.807) is 6.20 Å². The maximum atomic E-state index is 6.04. The van der Waals surface area contributed by atoms with Gasteiger partial charge in [-0.25, -0.2) is 0 Å². The Morgan fingerprint density at radius 1 is 1.58 bits per heavy atom. The molecule has 0 aliphatic heterocycles. The lowest BCUT2D eigenvalue weighted by Gasteiger charge is -2.10. The Morgan fingerprint density at radius 3 is 3.00 bits per heavy atom. The molecule has 0 bridgehead atoms. The molecule has 7 heteroatoms. The molecule has 1 aliphatic rings. The fourth-order valence-corrected chi connectivity index (χ4v) is 1.85. The molecule has 1 aliphatic carbocycles. The number of nitrogens with one attached hydrogen (secondary N) is 2. The zero-order chi connectivity index (χ0) is 13.7. The number of guanidine groups is 1. The zero-order valence-corrected chi connectivity index (χ0v) is 12.0. The second kappa shape index (κ2) is 6.68. The molecule has 19 heavy (non-hydrogen) atoms. The Bertz CT molecular complexity index is 487. The topological polar surface area (TPSA) is 75.3 Å². The van der Waals surface area contributed by atoms with Gasteiger partial charge in [0.2, 0.25) is 0 Å². The first-order valence-corrected chi connectivity index (χ1v) is 6.90. The van der Waals surface area contributed by atoms with Crippen LogP contribution in [0, 0.1) is 0 Å². The normalized spacial score (nSPS) is 15.1. The average Bonchev–Trinajstić information content (AvgIpc) is 3.14. The molecule has 1 aromatic rings. The van der Waals surface area contributed by atoms with E-state index in [-0.39, 0.29) is 5.11 Å². The average molecular weight is 298 g/mol. The van der Waals surface area contributed by atoms with Crippen molar-refractivity contribution in [3.8, 4) is 0 Å². The van der Waals surface area contributed by atoms with Crippen molar-refractivity contribution < 1.29 is 0 Å². The molecule has 2 rings (SSSR count). The first-order valence-electron chi connectivity index (χ1n) is 6.12. The van der Waals surface area contributed by atoms with E-state index >= 15 is 0 Å². The number of aromatic nitrogens is 1. The predicted octanol–water partition coefficient (Wildman–Crippen LogP) is 1.22. The third kappa shape index (κ3) is 5.00. The van der Waals surface area contributed by atoms with Crippen LogP contribution in [-0.4, -0.2) is 28.6 Å². The van der Waals surface area contributed by atoms with Gasteiger partial charge in [-0.2, -0.15) is 0 Å². The first kappa shape index (κ1) is 14.0. The molecule has 0 radical (unpaired) electrons. The van der Waals surface area contributed by atoms with Crippen molar-refractivity contribution >= 4 is 34.9 Å². The minimum atomic E-state index is 0.211. The van der Waals surface area contributed by atoms with Crippen molar-refractivity contribution in [3.05, 3.63) is 29.0 Å². The highest BCUT2D eigenvalue weighted by Crippen LogP contribution is 2.18. The number of halogens is 1. The number of thiocarbonyl (C=S) groups is 1. The molecule has 0 unspecified atom stereocenters. The molecule has 1 fully saturated rings. The number of hydrogen-bond donors (Lipinski definition) is 3. The van der Waals surface area contributed by atoms with Gasteiger partial charge in [-0.15, -0.1) is 0 Å². The van der Waals surface area contributed by atoms with Crippen LogP contribution in [0.2, 0.25) is 5.02 Å². The van der Waals surface area contributed by atoms with Gasteiger partial charge in [-0.05, 0) is 37.2 Å². The van der Waals surface area contributed by atoms with Gasteiger partial charge in [-0.3, -0.25) is 9.98 Å². The summed E-state index contributed by atoms with van der Waals surface area (Å²) in [5.41, 5.74) is 6.30. The molecule has 1 saturated carbocycles. The van der Waals surface area contributed by atoms with Crippen LogP contribution >= 0.6 is 23.8 Å². The van der Waals surface area contributed by atoms with E-state index < -0.39 is 0 Å². The largest absolute Gasteiger partial charge is 0.376 e. The van der Waals surface area contributed by atoms with Crippen LogP contribution < -0.4 is 16.4 Å². The maximum absolute atomic E-state index is 6.04. The molecule has 4 N–H and O–H groups in total. The summed E-state index contributed by atoms with van der Waals surface area (Å²) >= 11 is 10.9. The smallest absolute Gasteiger partial charge is 0.197 e. The molecule has 0 atom stereocenters. The molecule has 1 aromatic heterocycles. The van der Waals surface area contributed by atoms with Crippen LogP contribution in [0.3, 0.4) is 0 Å². The number of nitrogens with zero attached hydrogens (tertiary/aromatic N) is 2. The standard InChI is InChI=1S/C12H16ClN5S/c13-9-2-1-6-15-10(9)5-7-16-12(18-11(14)19)17-8-3-4-8/h1-2,6,8H,3-5,7H2,(H4,14,16,17,18,19). The van der Waals surface area contributed by atoms with Gasteiger partial charge < -0.3 is 16.4 Å². The first-order chi connectivity index (χ1) is 9.15.